The van der Waals surface area contributed by atoms with Gasteiger partial charge >= 0.3 is 5.97 Å². The highest BCUT2D eigenvalue weighted by molar-refractivity contribution is 6.54. The van der Waals surface area contributed by atoms with Gasteiger partial charge in [0.15, 0.2) is 5.71 Å². The molecule has 0 unspecified atom stereocenters. The number of anilines is 1. The van der Waals surface area contributed by atoms with Crippen LogP contribution in [-0.4, -0.2) is 35.5 Å². The molecule has 6 heteroatoms. The number of likely N-dealkylation sites (N-methyl/N-ethyl adjacent to an activating group) is 1. The Morgan fingerprint density at radius 1 is 1.17 bits per heavy atom. The zero-order valence-corrected chi connectivity index (χ0v) is 13.0. The summed E-state index contributed by atoms with van der Waals surface area (Å²) in [5.74, 6) is -1.15. The summed E-state index contributed by atoms with van der Waals surface area (Å²) in [6.07, 6.45) is 1.49. The highest BCUT2D eigenvalue weighted by Gasteiger charge is 2.32. The van der Waals surface area contributed by atoms with Crippen molar-refractivity contribution in [1.82, 2.24) is 0 Å². The van der Waals surface area contributed by atoms with Crippen LogP contribution in [0.2, 0.25) is 0 Å². The van der Waals surface area contributed by atoms with Crippen LogP contribution in [0.5, 0.6) is 0 Å². The number of carbonyl (C=O) groups excluding carboxylic acids is 1. The first-order chi connectivity index (χ1) is 11.6. The largest absolute Gasteiger partial charge is 0.478 e. The minimum absolute atomic E-state index is 0.169. The van der Waals surface area contributed by atoms with Gasteiger partial charge in [0.05, 0.1) is 17.5 Å². The zero-order chi connectivity index (χ0) is 17.1. The van der Waals surface area contributed by atoms with E-state index in [4.69, 9.17) is 5.11 Å². The second-order valence-corrected chi connectivity index (χ2v) is 5.19. The average Bonchev–Trinajstić information content (AvgIpc) is 2.87. The molecule has 1 N–H and O–H groups in total. The van der Waals surface area contributed by atoms with Crippen LogP contribution < -0.4 is 4.90 Å². The van der Waals surface area contributed by atoms with E-state index in [0.29, 0.717) is 17.8 Å². The summed E-state index contributed by atoms with van der Waals surface area (Å²) in [5.41, 5.74) is 2.82. The number of carboxylic acids is 1. The summed E-state index contributed by atoms with van der Waals surface area (Å²) < 4.78 is 0. The monoisotopic (exact) mass is 321 g/mol. The lowest BCUT2D eigenvalue weighted by Crippen LogP contribution is -2.29. The number of para-hydroxylation sites is 1. The number of benzene rings is 2. The van der Waals surface area contributed by atoms with Crippen LogP contribution in [-0.2, 0) is 4.79 Å². The summed E-state index contributed by atoms with van der Waals surface area (Å²) in [4.78, 5) is 24.9. The molecule has 2 aromatic rings. The van der Waals surface area contributed by atoms with E-state index in [1.165, 1.54) is 18.3 Å². The van der Waals surface area contributed by atoms with Crippen molar-refractivity contribution in [3.8, 4) is 0 Å². The molecule has 120 valence electrons. The molecule has 2 aromatic carbocycles. The summed E-state index contributed by atoms with van der Waals surface area (Å²) >= 11 is 0. The molecule has 1 heterocycles. The van der Waals surface area contributed by atoms with Crippen LogP contribution >= 0.6 is 0 Å². The molecule has 0 saturated heterocycles. The lowest BCUT2D eigenvalue weighted by atomic mass is 10.1. The number of carboxylic acid groups (broad SMARTS) is 1. The minimum Gasteiger partial charge on any atom is -0.478 e. The number of nitrogens with zero attached hydrogens (tertiary/aromatic N) is 3. The van der Waals surface area contributed by atoms with Crippen molar-refractivity contribution in [3.05, 3.63) is 65.2 Å². The van der Waals surface area contributed by atoms with Gasteiger partial charge in [-0.05, 0) is 30.7 Å². The number of carbonyl (C=O) groups is 2. The zero-order valence-electron chi connectivity index (χ0n) is 13.0. The van der Waals surface area contributed by atoms with Crippen molar-refractivity contribution in [1.29, 1.82) is 0 Å². The average molecular weight is 321 g/mol. The molecule has 0 radical (unpaired) electrons. The Labute approximate surface area is 138 Å². The number of rotatable bonds is 4. The topological polar surface area (TPSA) is 82.3 Å². The van der Waals surface area contributed by atoms with E-state index in [2.05, 4.69) is 10.2 Å². The van der Waals surface area contributed by atoms with Crippen molar-refractivity contribution < 1.29 is 14.7 Å². The lowest BCUT2D eigenvalue weighted by molar-refractivity contribution is -0.112. The molecule has 24 heavy (non-hydrogen) atoms. The lowest BCUT2D eigenvalue weighted by Gasteiger charge is -2.12. The van der Waals surface area contributed by atoms with Gasteiger partial charge in [0.25, 0.3) is 5.91 Å². The first-order valence-corrected chi connectivity index (χ1v) is 7.47. The van der Waals surface area contributed by atoms with Gasteiger partial charge in [-0.1, -0.05) is 30.3 Å². The van der Waals surface area contributed by atoms with E-state index in [-0.39, 0.29) is 11.5 Å². The van der Waals surface area contributed by atoms with Crippen molar-refractivity contribution in [3.63, 3.8) is 0 Å². The van der Waals surface area contributed by atoms with E-state index in [0.717, 1.165) is 11.3 Å². The molecule has 0 fully saturated rings. The first kappa shape index (κ1) is 15.6. The quantitative estimate of drug-likeness (QED) is 0.694. The smallest absolute Gasteiger partial charge is 0.335 e. The molecule has 3 rings (SSSR count). The third-order valence-electron chi connectivity index (χ3n) is 3.74. The highest BCUT2D eigenvalue weighted by Crippen LogP contribution is 2.28. The molecule has 1 amide bonds. The van der Waals surface area contributed by atoms with Crippen LogP contribution in [0.1, 0.15) is 28.4 Å². The van der Waals surface area contributed by atoms with Gasteiger partial charge in [0.1, 0.15) is 0 Å². The fraction of sp³-hybridized carbons (Fsp3) is 0.111. The number of aromatic carboxylic acids is 1. The molecule has 0 bridgehead atoms. The maximum atomic E-state index is 12.4. The molecule has 0 saturated carbocycles. The van der Waals surface area contributed by atoms with Crippen molar-refractivity contribution >= 4 is 29.5 Å². The standard InChI is InChI=1S/C18H15N3O3/c1-2-21-15-6-4-3-5-14(15)16(17(21)22)20-19-11-12-7-9-13(10-8-12)18(23)24/h3-11H,2H2,1H3,(H,23,24)/b19-11-,20-16+. The second-order valence-electron chi connectivity index (χ2n) is 5.19. The molecule has 0 atom stereocenters. The Morgan fingerprint density at radius 3 is 2.54 bits per heavy atom. The predicted molar refractivity (Wildman–Crippen MR) is 92.0 cm³/mol. The molecule has 0 aromatic heterocycles. The van der Waals surface area contributed by atoms with Gasteiger partial charge in [-0.15, -0.1) is 5.10 Å². The highest BCUT2D eigenvalue weighted by atomic mass is 16.4. The van der Waals surface area contributed by atoms with Gasteiger partial charge in [0.2, 0.25) is 0 Å². The summed E-state index contributed by atoms with van der Waals surface area (Å²) in [6, 6.07) is 13.7. The Balaban J connectivity index is 1.86. The Kier molecular flexibility index (Phi) is 4.20. The SMILES string of the molecule is CCN1C(=O)/C(=N/N=C\c2ccc(C(=O)O)cc2)c2ccccc21. The van der Waals surface area contributed by atoms with Crippen LogP contribution in [0.4, 0.5) is 5.69 Å². The Bertz CT molecular complexity index is 854. The normalized spacial score (nSPS) is 15.3. The Morgan fingerprint density at radius 2 is 1.88 bits per heavy atom. The van der Waals surface area contributed by atoms with Crippen molar-refractivity contribution in [2.75, 3.05) is 11.4 Å². The molecule has 6 nitrogen and oxygen atoms in total. The first-order valence-electron chi connectivity index (χ1n) is 7.47. The number of fused-ring (bicyclic) bond motifs is 1. The maximum Gasteiger partial charge on any atom is 0.335 e. The van der Waals surface area contributed by atoms with Crippen molar-refractivity contribution in [2.24, 2.45) is 10.2 Å². The molecular weight excluding hydrogens is 306 g/mol. The van der Waals surface area contributed by atoms with Crippen LogP contribution in [0.15, 0.2) is 58.7 Å². The van der Waals surface area contributed by atoms with Crippen LogP contribution in [0.3, 0.4) is 0 Å². The predicted octanol–water partition coefficient (Wildman–Crippen LogP) is 2.57. The molecule has 1 aliphatic heterocycles. The summed E-state index contributed by atoms with van der Waals surface area (Å²) in [7, 11) is 0. The van der Waals surface area contributed by atoms with Gasteiger partial charge in [-0.2, -0.15) is 5.10 Å². The summed E-state index contributed by atoms with van der Waals surface area (Å²) in [6.45, 7) is 2.47. The third-order valence-corrected chi connectivity index (χ3v) is 3.74. The van der Waals surface area contributed by atoms with Gasteiger partial charge in [-0.25, -0.2) is 4.79 Å². The van der Waals surface area contributed by atoms with E-state index >= 15 is 0 Å². The summed E-state index contributed by atoms with van der Waals surface area (Å²) in [5, 5.41) is 16.9. The van der Waals surface area contributed by atoms with Crippen LogP contribution in [0.25, 0.3) is 0 Å². The van der Waals surface area contributed by atoms with E-state index in [1.807, 2.05) is 31.2 Å². The van der Waals surface area contributed by atoms with Crippen molar-refractivity contribution in [2.45, 2.75) is 6.92 Å². The van der Waals surface area contributed by atoms with Gasteiger partial charge in [-0.3, -0.25) is 4.79 Å². The fourth-order valence-electron chi connectivity index (χ4n) is 2.54. The van der Waals surface area contributed by atoms with E-state index in [1.54, 1.807) is 17.0 Å². The van der Waals surface area contributed by atoms with Gasteiger partial charge in [0, 0.05) is 12.1 Å². The molecular formula is C18H15N3O3. The Hall–Kier alpha value is -3.28. The fourth-order valence-corrected chi connectivity index (χ4v) is 2.54. The maximum absolute atomic E-state index is 12.4. The minimum atomic E-state index is -0.980. The number of hydrogen-bond acceptors (Lipinski definition) is 4. The number of hydrogen-bond donors (Lipinski definition) is 1. The molecule has 0 spiro atoms. The second kappa shape index (κ2) is 6.45. The van der Waals surface area contributed by atoms with E-state index in [9.17, 15) is 9.59 Å². The number of amides is 1. The van der Waals surface area contributed by atoms with Crippen LogP contribution in [0, 0.1) is 0 Å². The van der Waals surface area contributed by atoms with Gasteiger partial charge < -0.3 is 10.0 Å². The molecule has 1 aliphatic rings. The third kappa shape index (κ3) is 2.81. The molecule has 0 aliphatic carbocycles. The van der Waals surface area contributed by atoms with E-state index < -0.39 is 5.97 Å².